The van der Waals surface area contributed by atoms with Gasteiger partial charge < -0.3 is 39.9 Å². The Morgan fingerprint density at radius 3 is 1.38 bits per heavy atom. The number of aliphatic hydroxyl groups excluding tert-OH is 5. The van der Waals surface area contributed by atoms with Crippen LogP contribution in [0.2, 0.25) is 0 Å². The van der Waals surface area contributed by atoms with Gasteiger partial charge in [0.2, 0.25) is 0 Å². The van der Waals surface area contributed by atoms with E-state index in [0.29, 0.717) is 12.8 Å². The van der Waals surface area contributed by atoms with Crippen LogP contribution in [0.15, 0.2) is 0 Å². The second-order valence-corrected chi connectivity index (χ2v) is 14.5. The Bertz CT molecular complexity index is 875. The van der Waals surface area contributed by atoms with Crippen molar-refractivity contribution in [3.63, 3.8) is 0 Å². The Morgan fingerprint density at radius 1 is 0.562 bits per heavy atom. The number of esters is 2. The first-order valence-corrected chi connectivity index (χ1v) is 19.8. The van der Waals surface area contributed by atoms with Gasteiger partial charge in [-0.1, -0.05) is 123 Å². The van der Waals surface area contributed by atoms with Gasteiger partial charge in [-0.2, -0.15) is 0 Å². The molecule has 1 rings (SSSR count). The number of hydrogen-bond donors (Lipinski definition) is 6. The highest BCUT2D eigenvalue weighted by Crippen LogP contribution is 2.47. The van der Waals surface area contributed by atoms with Crippen LogP contribution in [0.1, 0.15) is 149 Å². The molecular weight excluding hydrogens is 647 g/mol. The van der Waals surface area contributed by atoms with Gasteiger partial charge in [-0.3, -0.25) is 18.6 Å². The van der Waals surface area contributed by atoms with Crippen molar-refractivity contribution in [2.75, 3.05) is 13.2 Å². The number of phosphoric ester groups is 1. The third-order valence-corrected chi connectivity index (χ3v) is 9.68. The number of aliphatic hydroxyl groups is 5. The number of ether oxygens (including phenoxy) is 2. The molecule has 0 radical (unpaired) electrons. The minimum absolute atomic E-state index is 0.103. The van der Waals surface area contributed by atoms with Crippen LogP contribution in [-0.2, 0) is 32.7 Å². The van der Waals surface area contributed by atoms with Gasteiger partial charge >= 0.3 is 19.8 Å². The fourth-order valence-corrected chi connectivity index (χ4v) is 6.61. The van der Waals surface area contributed by atoms with Gasteiger partial charge in [0.1, 0.15) is 43.2 Å². The van der Waals surface area contributed by atoms with Crippen molar-refractivity contribution in [2.24, 2.45) is 0 Å². The summed E-state index contributed by atoms with van der Waals surface area (Å²) in [6, 6.07) is 0. The number of phosphoric acid groups is 1. The minimum Gasteiger partial charge on any atom is -0.462 e. The van der Waals surface area contributed by atoms with Crippen LogP contribution in [0.3, 0.4) is 0 Å². The third-order valence-electron chi connectivity index (χ3n) is 8.70. The van der Waals surface area contributed by atoms with E-state index in [1.807, 2.05) is 0 Å². The fraction of sp³-hybridized carbons (Fsp3) is 0.941. The van der Waals surface area contributed by atoms with Crippen molar-refractivity contribution >= 4 is 19.8 Å². The quantitative estimate of drug-likeness (QED) is 0.0343. The first-order chi connectivity index (χ1) is 22.9. The second kappa shape index (κ2) is 26.6. The molecular formula is C34H65O13P. The van der Waals surface area contributed by atoms with E-state index < -0.39 is 75.7 Å². The van der Waals surface area contributed by atoms with E-state index in [4.69, 9.17) is 18.5 Å². The first-order valence-electron chi connectivity index (χ1n) is 18.3. The smallest absolute Gasteiger partial charge is 0.462 e. The van der Waals surface area contributed by atoms with E-state index in [-0.39, 0.29) is 12.8 Å². The number of rotatable bonds is 29. The molecule has 0 aromatic carbocycles. The Kier molecular flexibility index (Phi) is 24.9. The zero-order valence-corrected chi connectivity index (χ0v) is 30.2. The van der Waals surface area contributed by atoms with Crippen LogP contribution < -0.4 is 0 Å². The van der Waals surface area contributed by atoms with Crippen LogP contribution in [-0.4, -0.2) is 98.3 Å². The van der Waals surface area contributed by atoms with Crippen molar-refractivity contribution in [1.82, 2.24) is 0 Å². The number of carbonyl (C=O) groups is 2. The van der Waals surface area contributed by atoms with Gasteiger partial charge in [0.05, 0.1) is 6.61 Å². The molecule has 0 aliphatic heterocycles. The fourth-order valence-electron chi connectivity index (χ4n) is 5.64. The summed E-state index contributed by atoms with van der Waals surface area (Å²) in [6.07, 6.45) is 7.80. The number of carbonyl (C=O) groups excluding carboxylic acids is 2. The maximum absolute atomic E-state index is 12.7. The molecule has 0 spiro atoms. The maximum Gasteiger partial charge on any atom is 0.472 e. The summed E-state index contributed by atoms with van der Waals surface area (Å²) in [5, 5.41) is 49.8. The lowest BCUT2D eigenvalue weighted by molar-refractivity contribution is -0.220. The van der Waals surface area contributed by atoms with Crippen LogP contribution in [0, 0.1) is 0 Å². The highest BCUT2D eigenvalue weighted by molar-refractivity contribution is 7.47. The van der Waals surface area contributed by atoms with Crippen molar-refractivity contribution in [3.05, 3.63) is 0 Å². The molecule has 0 bridgehead atoms. The van der Waals surface area contributed by atoms with Crippen LogP contribution >= 0.6 is 7.82 Å². The van der Waals surface area contributed by atoms with Crippen LogP contribution in [0.5, 0.6) is 0 Å². The predicted molar refractivity (Wildman–Crippen MR) is 180 cm³/mol. The van der Waals surface area contributed by atoms with Crippen molar-refractivity contribution in [1.29, 1.82) is 0 Å². The van der Waals surface area contributed by atoms with Gasteiger partial charge in [0.15, 0.2) is 6.10 Å². The topological polar surface area (TPSA) is 210 Å². The Hall–Kier alpha value is -1.15. The van der Waals surface area contributed by atoms with Gasteiger partial charge in [-0.05, 0) is 12.8 Å². The number of hydrogen-bond acceptors (Lipinski definition) is 12. The highest BCUT2D eigenvalue weighted by atomic mass is 31.2. The van der Waals surface area contributed by atoms with Gasteiger partial charge in [0, 0.05) is 12.8 Å². The largest absolute Gasteiger partial charge is 0.472 e. The second-order valence-electron chi connectivity index (χ2n) is 13.1. The first kappa shape index (κ1) is 44.9. The molecule has 1 saturated carbocycles. The molecule has 0 aromatic heterocycles. The van der Waals surface area contributed by atoms with Gasteiger partial charge in [-0.25, -0.2) is 4.57 Å². The predicted octanol–water partition coefficient (Wildman–Crippen LogP) is 4.99. The van der Waals surface area contributed by atoms with E-state index in [0.717, 1.165) is 44.9 Å². The van der Waals surface area contributed by atoms with Crippen molar-refractivity contribution in [2.45, 2.75) is 191 Å². The molecule has 0 aromatic rings. The average Bonchev–Trinajstić information content (AvgIpc) is 3.06. The third kappa shape index (κ3) is 19.9. The summed E-state index contributed by atoms with van der Waals surface area (Å²) in [5.74, 6) is -1.10. The van der Waals surface area contributed by atoms with Crippen LogP contribution in [0.25, 0.3) is 0 Å². The lowest BCUT2D eigenvalue weighted by Gasteiger charge is -2.41. The molecule has 48 heavy (non-hydrogen) atoms. The molecule has 0 saturated heterocycles. The molecule has 1 aliphatic rings. The lowest BCUT2D eigenvalue weighted by atomic mass is 9.85. The standard InChI is InChI=1S/C34H65O13P/c1-3-5-7-9-11-13-14-15-17-19-21-23-28(36)46-26(24-44-27(35)22-20-18-16-12-10-8-6-4-2)25-45-48(42,43)47-34-32(40)30(38)29(37)31(39)33(34)41/h26,29-34,37-41H,3-25H2,1-2H3,(H,42,43). The summed E-state index contributed by atoms with van der Waals surface area (Å²) >= 11 is 0. The van der Waals surface area contributed by atoms with E-state index in [1.54, 1.807) is 0 Å². The van der Waals surface area contributed by atoms with E-state index in [2.05, 4.69) is 13.8 Å². The molecule has 284 valence electrons. The molecule has 0 heterocycles. The van der Waals surface area contributed by atoms with Gasteiger partial charge in [0.25, 0.3) is 0 Å². The van der Waals surface area contributed by atoms with E-state index in [9.17, 15) is 44.6 Å². The van der Waals surface area contributed by atoms with E-state index >= 15 is 0 Å². The molecule has 13 nitrogen and oxygen atoms in total. The zero-order chi connectivity index (χ0) is 35.8. The van der Waals surface area contributed by atoms with Crippen molar-refractivity contribution in [3.8, 4) is 0 Å². The highest BCUT2D eigenvalue weighted by Gasteiger charge is 2.51. The normalized spacial score (nSPS) is 24.6. The minimum atomic E-state index is -5.09. The molecule has 6 atom stereocenters. The van der Waals surface area contributed by atoms with Crippen molar-refractivity contribution < 1.29 is 63.1 Å². The molecule has 1 aliphatic carbocycles. The molecule has 1 fully saturated rings. The lowest BCUT2D eigenvalue weighted by Crippen LogP contribution is -2.64. The SMILES string of the molecule is CCCCCCCCCCCCCC(=O)OC(COC(=O)CCCCCCCCCC)COP(=O)(O)OC1C(O)C(O)C(O)C(O)C1O. The molecule has 14 heteroatoms. The summed E-state index contributed by atoms with van der Waals surface area (Å²) in [4.78, 5) is 35.2. The van der Waals surface area contributed by atoms with Gasteiger partial charge in [-0.15, -0.1) is 0 Å². The Labute approximate surface area is 287 Å². The van der Waals surface area contributed by atoms with Crippen LogP contribution in [0.4, 0.5) is 0 Å². The molecule has 6 N–H and O–H groups in total. The Balaban J connectivity index is 2.57. The number of unbranched alkanes of at least 4 members (excludes halogenated alkanes) is 17. The Morgan fingerprint density at radius 2 is 0.938 bits per heavy atom. The van der Waals surface area contributed by atoms with E-state index in [1.165, 1.54) is 64.2 Å². The summed E-state index contributed by atoms with van der Waals surface area (Å²) in [5.41, 5.74) is 0. The summed E-state index contributed by atoms with van der Waals surface area (Å²) in [7, 11) is -5.09. The summed E-state index contributed by atoms with van der Waals surface area (Å²) in [6.45, 7) is 3.21. The average molecular weight is 713 g/mol. The maximum atomic E-state index is 12.7. The zero-order valence-electron chi connectivity index (χ0n) is 29.3. The monoisotopic (exact) mass is 712 g/mol. The molecule has 0 amide bonds. The molecule has 6 unspecified atom stereocenters. The summed E-state index contributed by atoms with van der Waals surface area (Å²) < 4.78 is 33.2.